The summed E-state index contributed by atoms with van der Waals surface area (Å²) in [5, 5.41) is 14.4. The Hall–Kier alpha value is -6.95. The Balaban J connectivity index is 1.03. The minimum Gasteiger partial charge on any atom is -0.376 e. The number of imidazole rings is 1. The summed E-state index contributed by atoms with van der Waals surface area (Å²) in [6.07, 6.45) is 7.73. The van der Waals surface area contributed by atoms with Crippen LogP contribution in [0.25, 0.3) is 39.0 Å². The molecule has 1 saturated carbocycles. The number of hydrogen-bond acceptors (Lipinski definition) is 8. The fourth-order valence-electron chi connectivity index (χ4n) is 11.8. The first-order valence-corrected chi connectivity index (χ1v) is 22.7. The normalized spacial score (nSPS) is 23.1. The molecule has 15 nitrogen and oxygen atoms in total. The van der Waals surface area contributed by atoms with E-state index < -0.39 is 40.3 Å². The van der Waals surface area contributed by atoms with Gasteiger partial charge in [0.1, 0.15) is 28.7 Å². The van der Waals surface area contributed by atoms with Gasteiger partial charge >= 0.3 is 11.4 Å². The van der Waals surface area contributed by atoms with Crippen molar-refractivity contribution >= 4 is 27.7 Å². The second-order valence-electron chi connectivity index (χ2n) is 19.6. The van der Waals surface area contributed by atoms with Crippen LogP contribution in [0, 0.1) is 37.2 Å². The Morgan fingerprint density at radius 1 is 0.925 bits per heavy atom. The molecule has 5 aromatic heterocycles. The first kappa shape index (κ1) is 41.5. The van der Waals surface area contributed by atoms with Crippen molar-refractivity contribution in [2.75, 3.05) is 6.61 Å². The largest absolute Gasteiger partial charge is 0.438 e. The van der Waals surface area contributed by atoms with Crippen LogP contribution >= 0.6 is 0 Å². The lowest BCUT2D eigenvalue weighted by Crippen LogP contribution is -2.43. The standard InChI is InChI=1S/C49H47F3N10O5/c1-24-15-30(16-25(2)41(24)51)62-43(59-13-12-58(47(59)65)37-10-9-35-32(42(37)52)23-53-57(35)6)40-34(55-62)19-29-7-8-36(40)60(29)44(63)39-18-28-17-31(27-11-14-66-48(4,5)22-27)33(50)20-38(28)61(39)49(21-26(49)3)45-54-46(64)67-56-45/h9-10,12-13,15-18,20,23,26-27,29,36H,7-8,11,14,19,21-22H2,1-6H3,(H,54,56,64)/t26-,27?,29+,36-,49-/m0/s1. The number of halogens is 3. The summed E-state index contributed by atoms with van der Waals surface area (Å²) in [5.74, 6) is -2.07. The number of benzene rings is 3. The van der Waals surface area contributed by atoms with E-state index in [-0.39, 0.29) is 52.2 Å². The van der Waals surface area contributed by atoms with E-state index in [9.17, 15) is 9.59 Å². The lowest BCUT2D eigenvalue weighted by atomic mass is 9.83. The van der Waals surface area contributed by atoms with Gasteiger partial charge in [0.05, 0.1) is 51.3 Å². The molecule has 2 saturated heterocycles. The molecule has 2 bridgehead atoms. The first-order chi connectivity index (χ1) is 32.0. The summed E-state index contributed by atoms with van der Waals surface area (Å²) in [4.78, 5) is 47.6. The molecular formula is C49H47F3N10O5. The fourth-order valence-corrected chi connectivity index (χ4v) is 11.8. The Morgan fingerprint density at radius 3 is 2.40 bits per heavy atom. The highest BCUT2D eigenvalue weighted by atomic mass is 19.1. The maximum Gasteiger partial charge on any atom is 0.438 e. The SMILES string of the molecule is Cc1cc(-n2nc3c(c2-n2ccn(-c4ccc5c(cnn5C)c4F)c2=O)[C@@H]2CC[C@H](C3)N2C(=O)c2cc3cc(C4CCOC(C)(C)C4)c(F)cc3n2[C@@]2(c3noc(=O)[nH]3)C[C@@H]2C)cc(C)c1F. The molecule has 0 spiro atoms. The summed E-state index contributed by atoms with van der Waals surface area (Å²) in [7, 11) is 1.71. The highest BCUT2D eigenvalue weighted by Gasteiger charge is 2.60. The minimum absolute atomic E-state index is 0.0278. The zero-order valence-corrected chi connectivity index (χ0v) is 37.7. The molecule has 67 heavy (non-hydrogen) atoms. The summed E-state index contributed by atoms with van der Waals surface area (Å²) < 4.78 is 66.7. The van der Waals surface area contributed by atoms with Gasteiger partial charge in [-0.2, -0.15) is 10.2 Å². The monoisotopic (exact) mass is 912 g/mol. The van der Waals surface area contributed by atoms with Gasteiger partial charge in [0.15, 0.2) is 11.6 Å². The van der Waals surface area contributed by atoms with Crippen molar-refractivity contribution < 1.29 is 27.2 Å². The third-order valence-corrected chi connectivity index (χ3v) is 15.0. The predicted molar refractivity (Wildman–Crippen MR) is 240 cm³/mol. The highest BCUT2D eigenvalue weighted by molar-refractivity contribution is 6.00. The molecule has 0 radical (unpaired) electrons. The number of nitrogens with one attached hydrogen (secondary N) is 1. The Kier molecular flexibility index (Phi) is 8.84. The molecule has 3 aromatic carbocycles. The predicted octanol–water partition coefficient (Wildman–Crippen LogP) is 7.72. The Labute approximate surface area is 380 Å². The number of fused-ring (bicyclic) bond motifs is 6. The van der Waals surface area contributed by atoms with E-state index in [2.05, 4.69) is 15.2 Å². The van der Waals surface area contributed by atoms with Crippen LogP contribution in [0.5, 0.6) is 0 Å². The summed E-state index contributed by atoms with van der Waals surface area (Å²) in [6, 6.07) is 10.8. The van der Waals surface area contributed by atoms with Crippen LogP contribution in [0.2, 0.25) is 0 Å². The van der Waals surface area contributed by atoms with Crippen LogP contribution in [0.4, 0.5) is 13.2 Å². The average Bonchev–Trinajstić information content (AvgIpc) is 3.99. The number of hydrogen-bond donors (Lipinski definition) is 1. The molecule has 3 aliphatic heterocycles. The lowest BCUT2D eigenvalue weighted by Gasteiger charge is -2.36. The Bertz CT molecular complexity index is 3510. The summed E-state index contributed by atoms with van der Waals surface area (Å²) in [5.41, 5.74) is 2.45. The van der Waals surface area contributed by atoms with Crippen LogP contribution in [0.15, 0.2) is 75.2 Å². The van der Waals surface area contributed by atoms with E-state index in [4.69, 9.17) is 14.4 Å². The van der Waals surface area contributed by atoms with Crippen molar-refractivity contribution in [1.29, 1.82) is 0 Å². The third kappa shape index (κ3) is 5.99. The van der Waals surface area contributed by atoms with Gasteiger partial charge in [-0.1, -0.05) is 12.1 Å². The molecule has 1 amide bonds. The van der Waals surface area contributed by atoms with Crippen LogP contribution in [-0.4, -0.2) is 72.5 Å². The van der Waals surface area contributed by atoms with Crippen molar-refractivity contribution in [1.82, 2.24) is 48.3 Å². The first-order valence-electron chi connectivity index (χ1n) is 22.7. The smallest absolute Gasteiger partial charge is 0.376 e. The molecule has 1 aliphatic carbocycles. The summed E-state index contributed by atoms with van der Waals surface area (Å²) >= 11 is 0. The van der Waals surface area contributed by atoms with Gasteiger partial charge in [-0.15, -0.1) is 0 Å². The number of aromatic amines is 1. The van der Waals surface area contributed by atoms with Crippen molar-refractivity contribution in [2.45, 2.75) is 102 Å². The maximum atomic E-state index is 16.6. The number of aryl methyl sites for hydroxylation is 3. The molecule has 344 valence electrons. The van der Waals surface area contributed by atoms with Gasteiger partial charge in [0, 0.05) is 49.5 Å². The number of carbonyl (C=O) groups is 1. The van der Waals surface area contributed by atoms with Gasteiger partial charge in [0.25, 0.3) is 5.91 Å². The number of rotatable bonds is 7. The molecule has 18 heteroatoms. The van der Waals surface area contributed by atoms with E-state index in [1.807, 2.05) is 42.4 Å². The molecule has 5 atom stereocenters. The number of aromatic nitrogens is 9. The highest BCUT2D eigenvalue weighted by Crippen LogP contribution is 2.57. The lowest BCUT2D eigenvalue weighted by molar-refractivity contribution is -0.0596. The zero-order valence-electron chi connectivity index (χ0n) is 37.7. The average molecular weight is 913 g/mol. The second-order valence-corrected chi connectivity index (χ2v) is 19.6. The molecular weight excluding hydrogens is 866 g/mol. The molecule has 1 N–H and O–H groups in total. The van der Waals surface area contributed by atoms with Crippen LogP contribution in [-0.2, 0) is 23.7 Å². The molecule has 1 unspecified atom stereocenters. The van der Waals surface area contributed by atoms with E-state index in [1.165, 1.54) is 33.7 Å². The third-order valence-electron chi connectivity index (χ3n) is 15.0. The van der Waals surface area contributed by atoms with Crippen LogP contribution in [0.1, 0.15) is 109 Å². The van der Waals surface area contributed by atoms with Crippen molar-refractivity contribution in [3.8, 4) is 17.2 Å². The van der Waals surface area contributed by atoms with Gasteiger partial charge in [0.2, 0.25) is 0 Å². The van der Waals surface area contributed by atoms with Crippen molar-refractivity contribution in [3.05, 3.63) is 139 Å². The van der Waals surface area contributed by atoms with Crippen LogP contribution in [0.3, 0.4) is 0 Å². The van der Waals surface area contributed by atoms with Gasteiger partial charge in [-0.3, -0.25) is 28.1 Å². The second kappa shape index (κ2) is 14.3. The number of ether oxygens (including phenoxy) is 1. The molecule has 12 rings (SSSR count). The van der Waals surface area contributed by atoms with E-state index in [0.717, 1.165) is 0 Å². The molecule has 8 heterocycles. The van der Waals surface area contributed by atoms with Crippen molar-refractivity contribution in [3.63, 3.8) is 0 Å². The minimum atomic E-state index is -1.02. The summed E-state index contributed by atoms with van der Waals surface area (Å²) in [6.45, 7) is 9.82. The number of H-pyrrole nitrogens is 1. The van der Waals surface area contributed by atoms with Gasteiger partial charge in [-0.05, 0) is 131 Å². The molecule has 4 aliphatic rings. The van der Waals surface area contributed by atoms with E-state index in [0.29, 0.717) is 101 Å². The van der Waals surface area contributed by atoms with Crippen molar-refractivity contribution in [2.24, 2.45) is 13.0 Å². The number of nitrogens with zero attached hydrogens (tertiary/aromatic N) is 9. The van der Waals surface area contributed by atoms with Gasteiger partial charge in [-0.25, -0.2) is 27.4 Å². The zero-order chi connectivity index (χ0) is 46.6. The number of carbonyl (C=O) groups excluding carboxylic acids is 1. The maximum absolute atomic E-state index is 16.6. The van der Waals surface area contributed by atoms with Crippen LogP contribution < -0.4 is 11.4 Å². The number of amides is 1. The fraction of sp³-hybridized carbons (Fsp3) is 0.388. The van der Waals surface area contributed by atoms with E-state index in [1.54, 1.807) is 54.7 Å². The Morgan fingerprint density at radius 2 is 1.69 bits per heavy atom. The molecule has 8 aromatic rings. The van der Waals surface area contributed by atoms with E-state index >= 15 is 18.0 Å². The quantitative estimate of drug-likeness (QED) is 0.170. The topological polar surface area (TPSA) is 156 Å². The van der Waals surface area contributed by atoms with Gasteiger partial charge < -0.3 is 14.2 Å². The molecule has 3 fully saturated rings.